The highest BCUT2D eigenvalue weighted by atomic mass is 16.5. The van der Waals surface area contributed by atoms with Gasteiger partial charge in [0, 0.05) is 6.20 Å². The molecule has 76 valence electrons. The molecule has 0 N–H and O–H groups in total. The van der Waals surface area contributed by atoms with Gasteiger partial charge >= 0.3 is 5.97 Å². The lowest BCUT2D eigenvalue weighted by Gasteiger charge is -2.04. The van der Waals surface area contributed by atoms with E-state index in [1.54, 1.807) is 12.3 Å². The first-order chi connectivity index (χ1) is 6.63. The molecule has 14 heavy (non-hydrogen) atoms. The number of carbonyl (C=O) groups excluding carboxylic acids is 1. The van der Waals surface area contributed by atoms with Gasteiger partial charge in [-0.3, -0.25) is 0 Å². The van der Waals surface area contributed by atoms with Gasteiger partial charge in [-0.2, -0.15) is 0 Å². The van der Waals surface area contributed by atoms with Crippen LogP contribution in [0.2, 0.25) is 0 Å². The Morgan fingerprint density at radius 2 is 2.21 bits per heavy atom. The minimum absolute atomic E-state index is 0.361. The van der Waals surface area contributed by atoms with Crippen molar-refractivity contribution in [2.45, 2.75) is 20.3 Å². The molecule has 0 spiro atoms. The number of pyridine rings is 1. The van der Waals surface area contributed by atoms with E-state index >= 15 is 0 Å². The van der Waals surface area contributed by atoms with Crippen molar-refractivity contribution in [2.24, 2.45) is 5.92 Å². The Morgan fingerprint density at radius 1 is 1.50 bits per heavy atom. The zero-order valence-electron chi connectivity index (χ0n) is 8.78. The molecule has 0 saturated heterocycles. The number of carbonyl (C=O) groups is 1. The van der Waals surface area contributed by atoms with Gasteiger partial charge in [0.25, 0.3) is 0 Å². The average molecular weight is 193 g/mol. The lowest BCUT2D eigenvalue weighted by Crippen LogP contribution is -2.04. The van der Waals surface area contributed by atoms with Crippen LogP contribution in [0.1, 0.15) is 29.9 Å². The van der Waals surface area contributed by atoms with Crippen LogP contribution in [-0.2, 0) is 11.2 Å². The minimum atomic E-state index is -0.388. The largest absolute Gasteiger partial charge is 0.464 e. The maximum absolute atomic E-state index is 11.1. The first kappa shape index (κ1) is 10.7. The molecule has 1 rings (SSSR count). The quantitative estimate of drug-likeness (QED) is 0.690. The Bertz CT molecular complexity index is 304. The summed E-state index contributed by atoms with van der Waals surface area (Å²) in [5, 5.41) is 0. The summed E-state index contributed by atoms with van der Waals surface area (Å²) in [6, 6.07) is 3.61. The maximum atomic E-state index is 11.1. The van der Waals surface area contributed by atoms with E-state index in [-0.39, 0.29) is 5.97 Å². The van der Waals surface area contributed by atoms with Gasteiger partial charge in [0.05, 0.1) is 7.11 Å². The second kappa shape index (κ2) is 4.74. The second-order valence-corrected chi connectivity index (χ2v) is 3.64. The van der Waals surface area contributed by atoms with Crippen LogP contribution in [0.25, 0.3) is 0 Å². The first-order valence-electron chi connectivity index (χ1n) is 4.66. The summed E-state index contributed by atoms with van der Waals surface area (Å²) in [7, 11) is 1.35. The van der Waals surface area contributed by atoms with Crippen molar-refractivity contribution in [3.63, 3.8) is 0 Å². The molecule has 3 nitrogen and oxygen atoms in total. The Balaban J connectivity index is 2.73. The molecule has 0 aliphatic rings. The zero-order chi connectivity index (χ0) is 10.6. The fourth-order valence-corrected chi connectivity index (χ4v) is 1.24. The van der Waals surface area contributed by atoms with E-state index in [9.17, 15) is 4.79 Å². The highest BCUT2D eigenvalue weighted by molar-refractivity contribution is 5.86. The molecule has 0 saturated carbocycles. The van der Waals surface area contributed by atoms with Crippen molar-refractivity contribution >= 4 is 5.97 Å². The fourth-order valence-electron chi connectivity index (χ4n) is 1.24. The van der Waals surface area contributed by atoms with Crippen molar-refractivity contribution in [3.05, 3.63) is 29.6 Å². The van der Waals surface area contributed by atoms with E-state index in [4.69, 9.17) is 0 Å². The van der Waals surface area contributed by atoms with E-state index in [1.807, 2.05) is 6.07 Å². The van der Waals surface area contributed by atoms with Crippen LogP contribution >= 0.6 is 0 Å². The summed E-state index contributed by atoms with van der Waals surface area (Å²) in [6.07, 6.45) is 2.71. The molecule has 0 amide bonds. The topological polar surface area (TPSA) is 39.2 Å². The fraction of sp³-hybridized carbons (Fsp3) is 0.455. The van der Waals surface area contributed by atoms with Crippen molar-refractivity contribution in [1.29, 1.82) is 0 Å². The maximum Gasteiger partial charge on any atom is 0.356 e. The summed E-state index contributed by atoms with van der Waals surface area (Å²) in [5.74, 6) is 0.210. The average Bonchev–Trinajstić information content (AvgIpc) is 2.17. The van der Waals surface area contributed by atoms with Gasteiger partial charge in [-0.15, -0.1) is 0 Å². The zero-order valence-corrected chi connectivity index (χ0v) is 8.78. The molecular weight excluding hydrogens is 178 g/mol. The van der Waals surface area contributed by atoms with E-state index in [1.165, 1.54) is 7.11 Å². The minimum Gasteiger partial charge on any atom is -0.464 e. The van der Waals surface area contributed by atoms with Gasteiger partial charge in [-0.1, -0.05) is 19.9 Å². The third-order valence-corrected chi connectivity index (χ3v) is 1.86. The molecule has 0 fully saturated rings. The molecule has 0 radical (unpaired) electrons. The number of esters is 1. The van der Waals surface area contributed by atoms with Crippen LogP contribution in [0, 0.1) is 5.92 Å². The normalized spacial score (nSPS) is 10.3. The predicted molar refractivity (Wildman–Crippen MR) is 54.1 cm³/mol. The second-order valence-electron chi connectivity index (χ2n) is 3.64. The summed E-state index contributed by atoms with van der Waals surface area (Å²) in [5.41, 5.74) is 1.51. The third-order valence-electron chi connectivity index (χ3n) is 1.86. The molecule has 1 heterocycles. The molecule has 0 atom stereocenters. The molecule has 0 bridgehead atoms. The number of hydrogen-bond donors (Lipinski definition) is 0. The van der Waals surface area contributed by atoms with Crippen LogP contribution in [0.4, 0.5) is 0 Å². The Labute approximate surface area is 84.1 Å². The van der Waals surface area contributed by atoms with Crippen LogP contribution < -0.4 is 0 Å². The number of methoxy groups -OCH3 is 1. The highest BCUT2D eigenvalue weighted by Crippen LogP contribution is 2.07. The van der Waals surface area contributed by atoms with Gasteiger partial charge < -0.3 is 4.74 Å². The van der Waals surface area contributed by atoms with Gasteiger partial charge in [-0.25, -0.2) is 9.78 Å². The standard InChI is InChI=1S/C11H15NO2/c1-8(2)6-9-4-5-10(12-7-9)11(13)14-3/h4-5,7-8H,6H2,1-3H3. The first-order valence-corrected chi connectivity index (χ1v) is 4.66. The summed E-state index contributed by atoms with van der Waals surface area (Å²) in [6.45, 7) is 4.29. The van der Waals surface area contributed by atoms with Gasteiger partial charge in [0.15, 0.2) is 0 Å². The van der Waals surface area contributed by atoms with Crippen LogP contribution in [0.15, 0.2) is 18.3 Å². The number of aromatic nitrogens is 1. The SMILES string of the molecule is COC(=O)c1ccc(CC(C)C)cn1. The van der Waals surface area contributed by atoms with Crippen molar-refractivity contribution in [1.82, 2.24) is 4.98 Å². The van der Waals surface area contributed by atoms with Gasteiger partial charge in [0.1, 0.15) is 5.69 Å². The van der Waals surface area contributed by atoms with E-state index in [0.29, 0.717) is 11.6 Å². The predicted octanol–water partition coefficient (Wildman–Crippen LogP) is 2.07. The molecule has 0 unspecified atom stereocenters. The summed E-state index contributed by atoms with van der Waals surface area (Å²) < 4.78 is 4.56. The molecule has 0 aliphatic carbocycles. The van der Waals surface area contributed by atoms with Crippen LogP contribution in [0.5, 0.6) is 0 Å². The van der Waals surface area contributed by atoms with Crippen molar-refractivity contribution in [2.75, 3.05) is 7.11 Å². The Hall–Kier alpha value is -1.38. The summed E-state index contributed by atoms with van der Waals surface area (Å²) >= 11 is 0. The number of hydrogen-bond acceptors (Lipinski definition) is 3. The van der Waals surface area contributed by atoms with Crippen molar-refractivity contribution in [3.8, 4) is 0 Å². The van der Waals surface area contributed by atoms with E-state index in [2.05, 4.69) is 23.6 Å². The lowest BCUT2D eigenvalue weighted by atomic mass is 10.0. The number of rotatable bonds is 3. The molecule has 3 heteroatoms. The third kappa shape index (κ3) is 2.83. The molecule has 1 aromatic rings. The Kier molecular flexibility index (Phi) is 3.63. The van der Waals surface area contributed by atoms with Crippen LogP contribution in [-0.4, -0.2) is 18.1 Å². The number of nitrogens with zero attached hydrogens (tertiary/aromatic N) is 1. The highest BCUT2D eigenvalue weighted by Gasteiger charge is 2.06. The molecule has 1 aromatic heterocycles. The van der Waals surface area contributed by atoms with Gasteiger partial charge in [-0.05, 0) is 24.0 Å². The van der Waals surface area contributed by atoms with Crippen molar-refractivity contribution < 1.29 is 9.53 Å². The number of ether oxygens (including phenoxy) is 1. The molecule has 0 aromatic carbocycles. The van der Waals surface area contributed by atoms with E-state index < -0.39 is 0 Å². The van der Waals surface area contributed by atoms with E-state index in [0.717, 1.165) is 12.0 Å². The molecular formula is C11H15NO2. The molecule has 0 aliphatic heterocycles. The monoisotopic (exact) mass is 193 g/mol. The Morgan fingerprint density at radius 3 is 2.64 bits per heavy atom. The lowest BCUT2D eigenvalue weighted by molar-refractivity contribution is 0.0594. The summed E-state index contributed by atoms with van der Waals surface area (Å²) in [4.78, 5) is 15.1. The van der Waals surface area contributed by atoms with Gasteiger partial charge in [0.2, 0.25) is 0 Å². The van der Waals surface area contributed by atoms with Crippen LogP contribution in [0.3, 0.4) is 0 Å². The smallest absolute Gasteiger partial charge is 0.356 e.